The Hall–Kier alpha value is 0.486. The van der Waals surface area contributed by atoms with Gasteiger partial charge in [0.25, 0.3) is 10.1 Å². The van der Waals surface area contributed by atoms with Crippen LogP contribution in [0.15, 0.2) is 0 Å². The zero-order valence-electron chi connectivity index (χ0n) is 12.8. The number of unbranched alkanes of at least 4 members (excludes halogenated alkanes) is 2. The van der Waals surface area contributed by atoms with Gasteiger partial charge in [-0.25, -0.2) is 0 Å². The van der Waals surface area contributed by atoms with Gasteiger partial charge in [-0.1, -0.05) is 26.7 Å². The summed E-state index contributed by atoms with van der Waals surface area (Å²) in [5.74, 6) is -1.98. The van der Waals surface area contributed by atoms with Crippen molar-refractivity contribution in [2.75, 3.05) is 13.2 Å². The molecule has 9 heteroatoms. The molecule has 0 fully saturated rings. The first-order chi connectivity index (χ1) is 9.32. The average molecular weight is 349 g/mol. The third-order valence-corrected chi connectivity index (χ3v) is 3.56. The molecule has 0 heterocycles. The largest absolute Gasteiger partial charge is 0.466 e. The van der Waals surface area contributed by atoms with Gasteiger partial charge in [-0.15, -0.1) is 0 Å². The molecule has 1 atom stereocenters. The van der Waals surface area contributed by atoms with Crippen LogP contribution in [0.25, 0.3) is 0 Å². The summed E-state index contributed by atoms with van der Waals surface area (Å²) >= 11 is 0. The molecule has 0 aromatic carbocycles. The molecule has 0 rings (SSSR count). The zero-order valence-corrected chi connectivity index (χ0v) is 16.8. The minimum absolute atomic E-state index is 0. The molecule has 0 aromatic rings. The molecule has 0 amide bonds. The van der Waals surface area contributed by atoms with Crippen molar-refractivity contribution in [3.8, 4) is 0 Å². The first kappa shape index (κ1) is 23.7. The van der Waals surface area contributed by atoms with E-state index in [0.717, 1.165) is 12.8 Å². The van der Waals surface area contributed by atoms with Crippen molar-refractivity contribution in [1.82, 2.24) is 0 Å². The monoisotopic (exact) mass is 349 g/mol. The molecule has 0 aliphatic carbocycles. The van der Waals surface area contributed by atoms with Crippen LogP contribution in [-0.2, 0) is 29.2 Å². The maximum absolute atomic E-state index is 11.6. The summed E-state index contributed by atoms with van der Waals surface area (Å²) in [5, 5.41) is -1.92. The van der Waals surface area contributed by atoms with E-state index in [4.69, 9.17) is 14.0 Å². The van der Waals surface area contributed by atoms with Gasteiger partial charge < -0.3 is 9.47 Å². The predicted octanol–water partition coefficient (Wildman–Crippen LogP) is 0.939. The van der Waals surface area contributed by atoms with Crippen LogP contribution in [0.3, 0.4) is 0 Å². The first-order valence-electron chi connectivity index (χ1n) is 6.61. The Morgan fingerprint density at radius 2 is 1.52 bits per heavy atom. The summed E-state index contributed by atoms with van der Waals surface area (Å²) in [6, 6.07) is 0. The van der Waals surface area contributed by atoms with Crippen molar-refractivity contribution >= 4 is 73.4 Å². The number of hydrogen-bond donors (Lipinski definition) is 1. The quantitative estimate of drug-likeness (QED) is 0.271. The van der Waals surface area contributed by atoms with Crippen LogP contribution in [0.1, 0.15) is 46.0 Å². The third-order valence-electron chi connectivity index (χ3n) is 2.48. The molecule has 0 aliphatic rings. The van der Waals surface area contributed by atoms with Gasteiger partial charge in [-0.05, 0) is 12.8 Å². The number of esters is 2. The molecule has 119 valence electrons. The van der Waals surface area contributed by atoms with E-state index < -0.39 is 33.7 Å². The van der Waals surface area contributed by atoms with Crippen molar-refractivity contribution in [3.05, 3.63) is 0 Å². The molecule has 1 radical (unpaired) electrons. The van der Waals surface area contributed by atoms with Crippen LogP contribution in [0.4, 0.5) is 0 Å². The predicted molar refractivity (Wildman–Crippen MR) is 77.4 cm³/mol. The van der Waals surface area contributed by atoms with E-state index >= 15 is 0 Å². The molecule has 0 spiro atoms. The number of carbonyl (C=O) groups is 2. The Bertz CT molecular complexity index is 408. The van der Waals surface area contributed by atoms with Gasteiger partial charge in [-0.2, -0.15) is 8.42 Å². The van der Waals surface area contributed by atoms with E-state index in [0.29, 0.717) is 12.8 Å². The van der Waals surface area contributed by atoms with Crippen LogP contribution in [0.5, 0.6) is 0 Å². The van der Waals surface area contributed by atoms with E-state index in [1.165, 1.54) is 0 Å². The maximum Gasteiger partial charge on any atom is 0.327 e. The Morgan fingerprint density at radius 1 is 1.05 bits per heavy atom. The first-order valence-corrected chi connectivity index (χ1v) is 8.11. The van der Waals surface area contributed by atoms with Gasteiger partial charge in [0.2, 0.25) is 0 Å². The van der Waals surface area contributed by atoms with Gasteiger partial charge in [0.1, 0.15) is 0 Å². The Labute approximate surface area is 168 Å². The standard InChI is InChI=1S/C12H22O7S.K/c1-3-5-7-18-11(13)9-10(20(15,16)17)12(14)19-8-6-4-2;/h10H,3-9H2,1-2H3,(H,15,16,17);. The summed E-state index contributed by atoms with van der Waals surface area (Å²) in [5.41, 5.74) is 0. The van der Waals surface area contributed by atoms with Crippen LogP contribution >= 0.6 is 0 Å². The zero-order chi connectivity index (χ0) is 15.6. The van der Waals surface area contributed by atoms with Gasteiger partial charge in [-0.3, -0.25) is 14.1 Å². The van der Waals surface area contributed by atoms with Gasteiger partial charge in [0, 0.05) is 51.4 Å². The van der Waals surface area contributed by atoms with E-state index in [9.17, 15) is 18.0 Å². The van der Waals surface area contributed by atoms with E-state index in [2.05, 4.69) is 0 Å². The number of carbonyl (C=O) groups excluding carboxylic acids is 2. The summed E-state index contributed by atoms with van der Waals surface area (Å²) in [6.45, 7) is 3.98. The van der Waals surface area contributed by atoms with Gasteiger partial charge >= 0.3 is 11.9 Å². The maximum atomic E-state index is 11.6. The molecule has 7 nitrogen and oxygen atoms in total. The molecular weight excluding hydrogens is 327 g/mol. The second-order valence-electron chi connectivity index (χ2n) is 4.30. The summed E-state index contributed by atoms with van der Waals surface area (Å²) < 4.78 is 40.7. The van der Waals surface area contributed by atoms with Crippen LogP contribution in [0, 0.1) is 0 Å². The smallest absolute Gasteiger partial charge is 0.327 e. The summed E-state index contributed by atoms with van der Waals surface area (Å²) in [4.78, 5) is 23.0. The molecule has 0 saturated heterocycles. The summed E-state index contributed by atoms with van der Waals surface area (Å²) in [6.07, 6.45) is 2.05. The fraction of sp³-hybridized carbons (Fsp3) is 0.833. The fourth-order valence-electron chi connectivity index (χ4n) is 1.26. The average Bonchev–Trinajstić information content (AvgIpc) is 2.35. The molecule has 0 saturated carbocycles. The molecule has 1 N–H and O–H groups in total. The molecule has 0 aromatic heterocycles. The number of hydrogen-bond acceptors (Lipinski definition) is 6. The van der Waals surface area contributed by atoms with Crippen LogP contribution in [0.2, 0.25) is 0 Å². The number of rotatable bonds is 10. The Kier molecular flexibility index (Phi) is 14.7. The summed E-state index contributed by atoms with van der Waals surface area (Å²) in [7, 11) is -4.70. The van der Waals surface area contributed by atoms with Crippen molar-refractivity contribution < 1.29 is 32.0 Å². The van der Waals surface area contributed by atoms with Crippen molar-refractivity contribution in [2.24, 2.45) is 0 Å². The normalized spacial score (nSPS) is 12.1. The van der Waals surface area contributed by atoms with Crippen molar-refractivity contribution in [2.45, 2.75) is 51.2 Å². The minimum Gasteiger partial charge on any atom is -0.466 e. The third kappa shape index (κ3) is 11.7. The van der Waals surface area contributed by atoms with Crippen molar-refractivity contribution in [3.63, 3.8) is 0 Å². The molecule has 21 heavy (non-hydrogen) atoms. The fourth-order valence-corrected chi connectivity index (χ4v) is 1.92. The minimum atomic E-state index is -4.70. The van der Waals surface area contributed by atoms with E-state index in [-0.39, 0.29) is 64.6 Å². The van der Waals surface area contributed by atoms with E-state index in [1.807, 2.05) is 13.8 Å². The Balaban J connectivity index is 0. The second kappa shape index (κ2) is 13.0. The topological polar surface area (TPSA) is 107 Å². The molecule has 1 unspecified atom stereocenters. The Morgan fingerprint density at radius 3 is 1.95 bits per heavy atom. The molecule has 0 bridgehead atoms. The van der Waals surface area contributed by atoms with Crippen molar-refractivity contribution in [1.29, 1.82) is 0 Å². The molecule has 0 aliphatic heterocycles. The van der Waals surface area contributed by atoms with E-state index in [1.54, 1.807) is 0 Å². The number of ether oxygens (including phenoxy) is 2. The second-order valence-corrected chi connectivity index (χ2v) is 5.90. The van der Waals surface area contributed by atoms with Crippen LogP contribution < -0.4 is 0 Å². The van der Waals surface area contributed by atoms with Crippen LogP contribution in [-0.4, -0.2) is 94.8 Å². The molecular formula is C12H22KO7S. The van der Waals surface area contributed by atoms with Gasteiger partial charge in [0.15, 0.2) is 5.25 Å². The van der Waals surface area contributed by atoms with Gasteiger partial charge in [0.05, 0.1) is 19.6 Å². The SMILES string of the molecule is CCCCOC(=O)CC(C(=O)OCCCC)S(=O)(=O)O.[K].